The fraction of sp³-hybridized carbons (Fsp3) is 0.471. The van der Waals surface area contributed by atoms with Crippen molar-refractivity contribution in [3.63, 3.8) is 0 Å². The first kappa shape index (κ1) is 16.9. The summed E-state index contributed by atoms with van der Waals surface area (Å²) in [5.74, 6) is 0.852. The second-order valence-corrected chi connectivity index (χ2v) is 6.54. The maximum Gasteiger partial charge on any atom is 0.123 e. The van der Waals surface area contributed by atoms with Gasteiger partial charge in [0.15, 0.2) is 0 Å². The number of aromatic nitrogens is 1. The van der Waals surface area contributed by atoms with Crippen molar-refractivity contribution in [1.82, 2.24) is 10.3 Å². The van der Waals surface area contributed by atoms with Gasteiger partial charge in [0.2, 0.25) is 0 Å². The Morgan fingerprint density at radius 3 is 2.55 bits per heavy atom. The maximum atomic E-state index is 9.33. The lowest BCUT2D eigenvalue weighted by molar-refractivity contribution is 0.182. The van der Waals surface area contributed by atoms with Crippen LogP contribution in [-0.2, 0) is 0 Å². The van der Waals surface area contributed by atoms with Crippen LogP contribution in [-0.4, -0.2) is 29.8 Å². The molecule has 0 fully saturated rings. The number of aryl methyl sites for hydroxylation is 1. The van der Waals surface area contributed by atoms with Gasteiger partial charge in [-0.15, -0.1) is 11.3 Å². The van der Waals surface area contributed by atoms with Crippen LogP contribution in [0, 0.1) is 6.92 Å². The Morgan fingerprint density at radius 1 is 1.27 bits per heavy atom. The molecule has 2 atom stereocenters. The van der Waals surface area contributed by atoms with Crippen molar-refractivity contribution in [2.45, 2.75) is 39.3 Å². The third kappa shape index (κ3) is 4.29. The van der Waals surface area contributed by atoms with Crippen LogP contribution in [0.5, 0.6) is 5.75 Å². The number of aliphatic hydroxyl groups is 1. The third-order valence-electron chi connectivity index (χ3n) is 3.58. The highest BCUT2D eigenvalue weighted by Crippen LogP contribution is 2.32. The number of hydrogen-bond donors (Lipinski definition) is 2. The minimum Gasteiger partial charge on any atom is -0.497 e. The van der Waals surface area contributed by atoms with E-state index in [1.54, 1.807) is 18.4 Å². The molecule has 0 bridgehead atoms. The Balaban J connectivity index is 2.09. The number of hydrogen-bond acceptors (Lipinski definition) is 5. The molecule has 2 aromatic rings. The van der Waals surface area contributed by atoms with E-state index < -0.39 is 0 Å². The molecule has 22 heavy (non-hydrogen) atoms. The molecule has 0 radical (unpaired) electrons. The summed E-state index contributed by atoms with van der Waals surface area (Å²) in [6.07, 6.45) is 0.491. The Bertz CT molecular complexity index is 593. The molecule has 2 N–H and O–H groups in total. The topological polar surface area (TPSA) is 54.4 Å². The van der Waals surface area contributed by atoms with E-state index in [9.17, 15) is 5.11 Å². The molecule has 4 nitrogen and oxygen atoms in total. The fourth-order valence-electron chi connectivity index (χ4n) is 2.27. The second-order valence-electron chi connectivity index (χ2n) is 5.51. The van der Waals surface area contributed by atoms with E-state index >= 15 is 0 Å². The smallest absolute Gasteiger partial charge is 0.123 e. The zero-order valence-corrected chi connectivity index (χ0v) is 14.4. The molecule has 0 spiro atoms. The van der Waals surface area contributed by atoms with Gasteiger partial charge >= 0.3 is 0 Å². The summed E-state index contributed by atoms with van der Waals surface area (Å²) in [7, 11) is 1.67. The van der Waals surface area contributed by atoms with Gasteiger partial charge < -0.3 is 15.2 Å². The predicted molar refractivity (Wildman–Crippen MR) is 91.6 cm³/mol. The van der Waals surface area contributed by atoms with Crippen LogP contribution < -0.4 is 10.1 Å². The number of rotatable bonds is 7. The summed E-state index contributed by atoms with van der Waals surface area (Å²) in [4.78, 5) is 5.94. The van der Waals surface area contributed by atoms with Gasteiger partial charge in [0.1, 0.15) is 10.8 Å². The summed E-state index contributed by atoms with van der Waals surface area (Å²) >= 11 is 1.72. The monoisotopic (exact) mass is 320 g/mol. The summed E-state index contributed by atoms with van der Waals surface area (Å²) in [5, 5.41) is 13.8. The zero-order valence-electron chi connectivity index (χ0n) is 13.6. The molecule has 1 heterocycles. The molecule has 1 aromatic heterocycles. The van der Waals surface area contributed by atoms with Crippen LogP contribution in [0.25, 0.3) is 10.6 Å². The Hall–Kier alpha value is -1.43. The van der Waals surface area contributed by atoms with Gasteiger partial charge in [-0.1, -0.05) is 0 Å². The largest absolute Gasteiger partial charge is 0.497 e. The van der Waals surface area contributed by atoms with E-state index in [2.05, 4.69) is 17.2 Å². The summed E-state index contributed by atoms with van der Waals surface area (Å²) in [6, 6.07) is 8.22. The summed E-state index contributed by atoms with van der Waals surface area (Å²) in [6.45, 7) is 6.80. The summed E-state index contributed by atoms with van der Waals surface area (Å²) < 4.78 is 5.19. The minimum absolute atomic E-state index is 0.239. The van der Waals surface area contributed by atoms with Crippen LogP contribution in [0.2, 0.25) is 0 Å². The van der Waals surface area contributed by atoms with Gasteiger partial charge in [-0.3, -0.25) is 0 Å². The van der Waals surface area contributed by atoms with Crippen LogP contribution in [0.4, 0.5) is 0 Å². The van der Waals surface area contributed by atoms with Crippen molar-refractivity contribution < 1.29 is 9.84 Å². The average Bonchev–Trinajstić information content (AvgIpc) is 2.89. The molecule has 0 aliphatic rings. The first-order chi connectivity index (χ1) is 10.5. The molecule has 5 heteroatoms. The third-order valence-corrected chi connectivity index (χ3v) is 4.96. The van der Waals surface area contributed by atoms with Crippen molar-refractivity contribution in [3.8, 4) is 16.3 Å². The number of methoxy groups -OCH3 is 1. The van der Waals surface area contributed by atoms with Crippen molar-refractivity contribution in [3.05, 3.63) is 34.8 Å². The molecular weight excluding hydrogens is 296 g/mol. The highest BCUT2D eigenvalue weighted by atomic mass is 32.1. The van der Waals surface area contributed by atoms with Crippen molar-refractivity contribution in [2.24, 2.45) is 0 Å². The number of aliphatic hydroxyl groups excluding tert-OH is 1. The summed E-state index contributed by atoms with van der Waals surface area (Å²) in [5.41, 5.74) is 2.17. The van der Waals surface area contributed by atoms with Gasteiger partial charge in [-0.05, 0) is 58.0 Å². The second kappa shape index (κ2) is 7.72. The predicted octanol–water partition coefficient (Wildman–Crippen LogP) is 3.55. The van der Waals surface area contributed by atoms with E-state index in [0.29, 0.717) is 0 Å². The molecule has 0 amide bonds. The lowest BCUT2D eigenvalue weighted by atomic mass is 10.2. The molecule has 2 unspecified atom stereocenters. The van der Waals surface area contributed by atoms with Gasteiger partial charge in [0, 0.05) is 16.5 Å². The lowest BCUT2D eigenvalue weighted by Crippen LogP contribution is -2.22. The van der Waals surface area contributed by atoms with Gasteiger partial charge in [0.25, 0.3) is 0 Å². The lowest BCUT2D eigenvalue weighted by Gasteiger charge is -2.13. The maximum absolute atomic E-state index is 9.33. The Labute approximate surface area is 136 Å². The number of nitrogens with zero attached hydrogens (tertiary/aromatic N) is 1. The minimum atomic E-state index is -0.267. The van der Waals surface area contributed by atoms with E-state index in [1.807, 2.05) is 38.1 Å². The van der Waals surface area contributed by atoms with E-state index in [-0.39, 0.29) is 12.1 Å². The zero-order chi connectivity index (χ0) is 16.1. The molecule has 120 valence electrons. The van der Waals surface area contributed by atoms with E-state index in [1.165, 1.54) is 4.88 Å². The Morgan fingerprint density at radius 2 is 1.95 bits per heavy atom. The van der Waals surface area contributed by atoms with E-state index in [0.717, 1.165) is 35.0 Å². The van der Waals surface area contributed by atoms with Crippen molar-refractivity contribution >= 4 is 11.3 Å². The van der Waals surface area contributed by atoms with E-state index in [4.69, 9.17) is 4.74 Å². The number of ether oxygens (including phenoxy) is 1. The molecular formula is C17H24N2O2S. The van der Waals surface area contributed by atoms with Gasteiger partial charge in [0.05, 0.1) is 18.9 Å². The van der Waals surface area contributed by atoms with Crippen LogP contribution in [0.1, 0.15) is 36.9 Å². The molecule has 0 saturated heterocycles. The van der Waals surface area contributed by atoms with Gasteiger partial charge in [-0.2, -0.15) is 0 Å². The molecule has 2 rings (SSSR count). The quantitative estimate of drug-likeness (QED) is 0.819. The molecule has 0 saturated carbocycles. The van der Waals surface area contributed by atoms with Crippen LogP contribution >= 0.6 is 11.3 Å². The fourth-order valence-corrected chi connectivity index (χ4v) is 3.37. The van der Waals surface area contributed by atoms with Crippen molar-refractivity contribution in [2.75, 3.05) is 13.7 Å². The van der Waals surface area contributed by atoms with Gasteiger partial charge in [-0.25, -0.2) is 4.98 Å². The highest BCUT2D eigenvalue weighted by molar-refractivity contribution is 7.15. The number of nitrogens with one attached hydrogen (secondary N) is 1. The number of thiazole rings is 1. The van der Waals surface area contributed by atoms with Crippen LogP contribution in [0.3, 0.4) is 0 Å². The van der Waals surface area contributed by atoms with Crippen LogP contribution in [0.15, 0.2) is 24.3 Å². The molecule has 1 aromatic carbocycles. The normalized spacial score (nSPS) is 13.9. The standard InChI is InChI=1S/C17H24N2O2S/c1-11(20)9-10-18-12(2)16-13(3)19-17(22-16)14-5-7-15(21-4)8-6-14/h5-8,11-12,18,20H,9-10H2,1-4H3. The highest BCUT2D eigenvalue weighted by Gasteiger charge is 2.15. The molecule has 0 aliphatic carbocycles. The number of benzene rings is 1. The molecule has 0 aliphatic heterocycles. The first-order valence-corrected chi connectivity index (χ1v) is 8.36. The average molecular weight is 320 g/mol. The van der Waals surface area contributed by atoms with Crippen molar-refractivity contribution in [1.29, 1.82) is 0 Å². The Kier molecular flexibility index (Phi) is 5.94. The first-order valence-electron chi connectivity index (χ1n) is 7.54. The SMILES string of the molecule is COc1ccc(-c2nc(C)c(C(C)NCCC(C)O)s2)cc1.